The van der Waals surface area contributed by atoms with Gasteiger partial charge in [0.25, 0.3) is 11.8 Å². The molecule has 0 radical (unpaired) electrons. The Bertz CT molecular complexity index is 1270. The highest BCUT2D eigenvalue weighted by atomic mass is 32.2. The maximum Gasteiger partial charge on any atom is 0.269 e. The van der Waals surface area contributed by atoms with Crippen molar-refractivity contribution >= 4 is 21.8 Å². The van der Waals surface area contributed by atoms with Gasteiger partial charge in [0.1, 0.15) is 6.33 Å². The van der Waals surface area contributed by atoms with Crippen LogP contribution in [-0.4, -0.2) is 57.8 Å². The third-order valence-electron chi connectivity index (χ3n) is 5.60. The van der Waals surface area contributed by atoms with Crippen LogP contribution in [0.3, 0.4) is 0 Å². The number of hydrogen-bond acceptors (Lipinski definition) is 7. The summed E-state index contributed by atoms with van der Waals surface area (Å²) in [5, 5.41) is 10.9. The van der Waals surface area contributed by atoms with Crippen molar-refractivity contribution in [1.82, 2.24) is 35.4 Å². The van der Waals surface area contributed by atoms with E-state index in [9.17, 15) is 18.0 Å². The van der Waals surface area contributed by atoms with Crippen molar-refractivity contribution in [3.63, 3.8) is 0 Å². The number of amides is 2. The number of sulfonamides is 1. The van der Waals surface area contributed by atoms with Crippen LogP contribution < -0.4 is 10.9 Å². The predicted octanol–water partition coefficient (Wildman–Crippen LogP) is 1.40. The average molecular weight is 484 g/mol. The molecule has 4 rings (SSSR count). The molecule has 1 saturated heterocycles. The fourth-order valence-electron chi connectivity index (χ4n) is 4.05. The van der Waals surface area contributed by atoms with Gasteiger partial charge in [0.2, 0.25) is 10.0 Å². The summed E-state index contributed by atoms with van der Waals surface area (Å²) in [6.07, 6.45) is 2.41. The zero-order valence-electron chi connectivity index (χ0n) is 18.7. The molecule has 2 unspecified atom stereocenters. The van der Waals surface area contributed by atoms with E-state index in [-0.39, 0.29) is 22.3 Å². The molecule has 1 aliphatic heterocycles. The van der Waals surface area contributed by atoms with Crippen LogP contribution in [0.2, 0.25) is 0 Å². The molecular weight excluding hydrogens is 458 g/mol. The second kappa shape index (κ2) is 9.69. The van der Waals surface area contributed by atoms with Crippen LogP contribution >= 0.6 is 0 Å². The minimum Gasteiger partial charge on any atom is -0.267 e. The van der Waals surface area contributed by atoms with E-state index in [4.69, 9.17) is 0 Å². The number of rotatable bonds is 5. The van der Waals surface area contributed by atoms with Gasteiger partial charge in [-0.3, -0.25) is 20.4 Å². The molecule has 0 saturated carbocycles. The van der Waals surface area contributed by atoms with Gasteiger partial charge in [0, 0.05) is 24.2 Å². The molecule has 1 aliphatic rings. The monoisotopic (exact) mass is 483 g/mol. The van der Waals surface area contributed by atoms with E-state index in [1.54, 1.807) is 24.3 Å². The quantitative estimate of drug-likeness (QED) is 0.523. The van der Waals surface area contributed by atoms with Crippen molar-refractivity contribution in [3.05, 3.63) is 66.0 Å². The van der Waals surface area contributed by atoms with Crippen molar-refractivity contribution in [1.29, 1.82) is 0 Å². The number of nitrogens with one attached hydrogen (secondary N) is 2. The topological polar surface area (TPSA) is 139 Å². The molecule has 11 nitrogen and oxygen atoms in total. The van der Waals surface area contributed by atoms with Gasteiger partial charge in [-0.05, 0) is 71.1 Å². The number of benzene rings is 2. The first kappa shape index (κ1) is 23.5. The molecule has 2 heterocycles. The molecule has 0 bridgehead atoms. The standard InChI is InChI=1S/C22H25N7O4S/c1-15-10-16(2)13-28(12-15)34(32,33)20-5-3-4-18(11-20)22(31)25-24-21(30)17-6-8-19(9-7-17)29-14-23-26-27-29/h3-9,11,14-16H,10,12-13H2,1-2H3,(H,24,30)(H,25,31). The molecule has 0 aliphatic carbocycles. The summed E-state index contributed by atoms with van der Waals surface area (Å²) < 4.78 is 29.2. The van der Waals surface area contributed by atoms with Gasteiger partial charge >= 0.3 is 0 Å². The van der Waals surface area contributed by atoms with E-state index >= 15 is 0 Å². The molecule has 178 valence electrons. The molecule has 2 amide bonds. The number of nitrogens with zero attached hydrogens (tertiary/aromatic N) is 5. The molecule has 2 aromatic carbocycles. The Kier molecular flexibility index (Phi) is 6.70. The minimum absolute atomic E-state index is 0.0472. The van der Waals surface area contributed by atoms with Gasteiger partial charge in [0.05, 0.1) is 10.6 Å². The zero-order chi connectivity index (χ0) is 24.3. The first-order chi connectivity index (χ1) is 16.2. The van der Waals surface area contributed by atoms with Gasteiger partial charge in [-0.1, -0.05) is 19.9 Å². The summed E-state index contributed by atoms with van der Waals surface area (Å²) in [7, 11) is -3.73. The Morgan fingerprint density at radius 2 is 1.59 bits per heavy atom. The Morgan fingerprint density at radius 1 is 0.941 bits per heavy atom. The van der Waals surface area contributed by atoms with E-state index in [0.717, 1.165) is 6.42 Å². The van der Waals surface area contributed by atoms with E-state index in [1.165, 1.54) is 39.6 Å². The molecule has 34 heavy (non-hydrogen) atoms. The Labute approximate surface area is 197 Å². The fraction of sp³-hybridized carbons (Fsp3) is 0.318. The smallest absolute Gasteiger partial charge is 0.267 e. The van der Waals surface area contributed by atoms with Crippen LogP contribution in [0, 0.1) is 11.8 Å². The highest BCUT2D eigenvalue weighted by molar-refractivity contribution is 7.89. The van der Waals surface area contributed by atoms with Crippen molar-refractivity contribution in [2.75, 3.05) is 13.1 Å². The third-order valence-corrected chi connectivity index (χ3v) is 7.43. The van der Waals surface area contributed by atoms with Crippen molar-refractivity contribution < 1.29 is 18.0 Å². The second-order valence-electron chi connectivity index (χ2n) is 8.51. The number of hydrogen-bond donors (Lipinski definition) is 2. The molecule has 12 heteroatoms. The molecule has 1 aromatic heterocycles. The predicted molar refractivity (Wildman–Crippen MR) is 122 cm³/mol. The van der Waals surface area contributed by atoms with Gasteiger partial charge in [0.15, 0.2) is 0 Å². The molecule has 1 fully saturated rings. The summed E-state index contributed by atoms with van der Waals surface area (Å²) in [6, 6.07) is 12.2. The highest BCUT2D eigenvalue weighted by Crippen LogP contribution is 2.27. The third kappa shape index (κ3) is 5.13. The summed E-state index contributed by atoms with van der Waals surface area (Å²) in [5.74, 6) is -0.628. The number of tetrazole rings is 1. The largest absolute Gasteiger partial charge is 0.269 e. The fourth-order valence-corrected chi connectivity index (χ4v) is 5.78. The maximum atomic E-state index is 13.1. The normalized spacial score (nSPS) is 18.9. The van der Waals surface area contributed by atoms with E-state index in [1.807, 2.05) is 13.8 Å². The Morgan fingerprint density at radius 3 is 2.21 bits per heavy atom. The highest BCUT2D eigenvalue weighted by Gasteiger charge is 2.32. The van der Waals surface area contributed by atoms with Crippen molar-refractivity contribution in [3.8, 4) is 5.69 Å². The molecule has 2 atom stereocenters. The maximum absolute atomic E-state index is 13.1. The summed E-state index contributed by atoms with van der Waals surface area (Å²) in [5.41, 5.74) is 5.76. The Balaban J connectivity index is 1.41. The lowest BCUT2D eigenvalue weighted by Crippen LogP contribution is -2.43. The number of piperidine rings is 1. The Hall–Kier alpha value is -3.64. The number of carbonyl (C=O) groups is 2. The number of aromatic nitrogens is 4. The van der Waals surface area contributed by atoms with Crippen LogP contribution in [0.25, 0.3) is 5.69 Å². The van der Waals surface area contributed by atoms with Crippen LogP contribution in [0.1, 0.15) is 41.0 Å². The van der Waals surface area contributed by atoms with Crippen LogP contribution in [0.4, 0.5) is 0 Å². The van der Waals surface area contributed by atoms with Gasteiger partial charge < -0.3 is 0 Å². The number of hydrazine groups is 1. The molecule has 2 N–H and O–H groups in total. The first-order valence-electron chi connectivity index (χ1n) is 10.8. The lowest BCUT2D eigenvalue weighted by atomic mass is 9.94. The lowest BCUT2D eigenvalue weighted by Gasteiger charge is -2.34. The van der Waals surface area contributed by atoms with Gasteiger partial charge in [-0.25, -0.2) is 13.1 Å². The second-order valence-corrected chi connectivity index (χ2v) is 10.4. The van der Waals surface area contributed by atoms with Crippen LogP contribution in [-0.2, 0) is 10.0 Å². The van der Waals surface area contributed by atoms with Crippen molar-refractivity contribution in [2.45, 2.75) is 25.2 Å². The van der Waals surface area contributed by atoms with E-state index in [0.29, 0.717) is 24.3 Å². The molecular formula is C22H25N7O4S. The summed E-state index contributed by atoms with van der Waals surface area (Å²) in [4.78, 5) is 25.0. The summed E-state index contributed by atoms with van der Waals surface area (Å²) >= 11 is 0. The zero-order valence-corrected chi connectivity index (χ0v) is 19.6. The first-order valence-corrected chi connectivity index (χ1v) is 12.2. The van der Waals surface area contributed by atoms with Crippen LogP contribution in [0.15, 0.2) is 59.8 Å². The van der Waals surface area contributed by atoms with Crippen LogP contribution in [0.5, 0.6) is 0 Å². The molecule has 3 aromatic rings. The summed E-state index contributed by atoms with van der Waals surface area (Å²) in [6.45, 7) is 4.96. The van der Waals surface area contributed by atoms with E-state index in [2.05, 4.69) is 26.4 Å². The average Bonchev–Trinajstić information content (AvgIpc) is 3.37. The molecule has 0 spiro atoms. The number of carbonyl (C=O) groups excluding carboxylic acids is 2. The lowest BCUT2D eigenvalue weighted by molar-refractivity contribution is 0.0846. The van der Waals surface area contributed by atoms with Crippen molar-refractivity contribution in [2.24, 2.45) is 11.8 Å². The van der Waals surface area contributed by atoms with Gasteiger partial charge in [-0.15, -0.1) is 5.10 Å². The SMILES string of the molecule is CC1CC(C)CN(S(=O)(=O)c2cccc(C(=O)NNC(=O)c3ccc(-n4cnnn4)cc3)c2)C1. The van der Waals surface area contributed by atoms with E-state index < -0.39 is 21.8 Å². The minimum atomic E-state index is -3.73. The van der Waals surface area contributed by atoms with Gasteiger partial charge in [-0.2, -0.15) is 4.31 Å².